The van der Waals surface area contributed by atoms with Crippen LogP contribution in [0.3, 0.4) is 0 Å². The topological polar surface area (TPSA) is 29.3 Å². The standard InChI is InChI=1S/C18H23FN2/c1-3-21(13-15-7-5-4-6-8-15)18-10-9-16(11-14(2)20)12-17(18)19/h4-10,12,14H,3,11,13,20H2,1-2H3. The molecule has 21 heavy (non-hydrogen) atoms. The summed E-state index contributed by atoms with van der Waals surface area (Å²) in [5, 5.41) is 0. The molecule has 1 unspecified atom stereocenters. The molecule has 0 saturated carbocycles. The number of halogens is 1. The van der Waals surface area contributed by atoms with Crippen LogP contribution in [0.4, 0.5) is 10.1 Å². The molecule has 0 amide bonds. The lowest BCUT2D eigenvalue weighted by atomic mass is 10.1. The third kappa shape index (κ3) is 4.30. The molecule has 0 fully saturated rings. The molecular weight excluding hydrogens is 263 g/mol. The van der Waals surface area contributed by atoms with Gasteiger partial charge < -0.3 is 10.6 Å². The van der Waals surface area contributed by atoms with Gasteiger partial charge in [-0.05, 0) is 43.5 Å². The minimum Gasteiger partial charge on any atom is -0.365 e. The van der Waals surface area contributed by atoms with Crippen molar-refractivity contribution in [2.45, 2.75) is 32.9 Å². The summed E-state index contributed by atoms with van der Waals surface area (Å²) in [6.07, 6.45) is 0.696. The number of nitrogens with two attached hydrogens (primary N) is 1. The molecule has 2 aromatic rings. The van der Waals surface area contributed by atoms with E-state index in [1.54, 1.807) is 6.07 Å². The minimum absolute atomic E-state index is 0.0434. The molecule has 0 heterocycles. The Hall–Kier alpha value is -1.87. The molecule has 112 valence electrons. The lowest BCUT2D eigenvalue weighted by Gasteiger charge is -2.24. The van der Waals surface area contributed by atoms with Gasteiger partial charge in [0.1, 0.15) is 5.82 Å². The molecule has 3 heteroatoms. The van der Waals surface area contributed by atoms with Crippen molar-refractivity contribution in [3.63, 3.8) is 0 Å². The molecule has 0 aromatic heterocycles. The van der Waals surface area contributed by atoms with Crippen LogP contribution in [0.25, 0.3) is 0 Å². The quantitative estimate of drug-likeness (QED) is 0.876. The summed E-state index contributed by atoms with van der Waals surface area (Å²) in [7, 11) is 0. The summed E-state index contributed by atoms with van der Waals surface area (Å²) in [5.74, 6) is -0.175. The fourth-order valence-corrected chi connectivity index (χ4v) is 2.48. The molecule has 0 saturated heterocycles. The van der Waals surface area contributed by atoms with Gasteiger partial charge in [-0.3, -0.25) is 0 Å². The second kappa shape index (κ2) is 7.23. The number of hydrogen-bond acceptors (Lipinski definition) is 2. The second-order valence-corrected chi connectivity index (χ2v) is 5.47. The maximum atomic E-state index is 14.4. The van der Waals surface area contributed by atoms with Crippen LogP contribution in [0.1, 0.15) is 25.0 Å². The first kappa shape index (κ1) is 15.5. The highest BCUT2D eigenvalue weighted by molar-refractivity contribution is 5.49. The first-order valence-electron chi connectivity index (χ1n) is 7.43. The van der Waals surface area contributed by atoms with Gasteiger partial charge in [-0.15, -0.1) is 0 Å². The Morgan fingerprint density at radius 3 is 2.38 bits per heavy atom. The number of rotatable bonds is 6. The predicted molar refractivity (Wildman–Crippen MR) is 86.9 cm³/mol. The van der Waals surface area contributed by atoms with E-state index in [1.807, 2.05) is 49.1 Å². The summed E-state index contributed by atoms with van der Waals surface area (Å²) in [6.45, 7) is 5.44. The van der Waals surface area contributed by atoms with Crippen LogP contribution < -0.4 is 10.6 Å². The average Bonchev–Trinajstić information content (AvgIpc) is 2.46. The van der Waals surface area contributed by atoms with E-state index >= 15 is 0 Å². The van der Waals surface area contributed by atoms with E-state index in [1.165, 1.54) is 5.56 Å². The Labute approximate surface area is 126 Å². The van der Waals surface area contributed by atoms with Gasteiger partial charge in [-0.1, -0.05) is 36.4 Å². The van der Waals surface area contributed by atoms with E-state index in [-0.39, 0.29) is 11.9 Å². The van der Waals surface area contributed by atoms with Crippen LogP contribution in [-0.4, -0.2) is 12.6 Å². The summed E-state index contributed by atoms with van der Waals surface area (Å²) >= 11 is 0. The van der Waals surface area contributed by atoms with Crippen LogP contribution in [0.5, 0.6) is 0 Å². The van der Waals surface area contributed by atoms with E-state index in [0.717, 1.165) is 12.1 Å². The average molecular weight is 286 g/mol. The molecule has 1 atom stereocenters. The zero-order valence-corrected chi connectivity index (χ0v) is 12.7. The number of hydrogen-bond donors (Lipinski definition) is 1. The van der Waals surface area contributed by atoms with Gasteiger partial charge >= 0.3 is 0 Å². The Morgan fingerprint density at radius 2 is 1.81 bits per heavy atom. The van der Waals surface area contributed by atoms with Crippen molar-refractivity contribution in [1.82, 2.24) is 0 Å². The predicted octanol–water partition coefficient (Wildman–Crippen LogP) is 3.74. The molecule has 0 aliphatic carbocycles. The van der Waals surface area contributed by atoms with E-state index in [9.17, 15) is 4.39 Å². The van der Waals surface area contributed by atoms with Crippen molar-refractivity contribution < 1.29 is 4.39 Å². The fourth-order valence-electron chi connectivity index (χ4n) is 2.48. The van der Waals surface area contributed by atoms with Crippen molar-refractivity contribution >= 4 is 5.69 Å². The second-order valence-electron chi connectivity index (χ2n) is 5.47. The van der Waals surface area contributed by atoms with Crippen molar-refractivity contribution in [2.24, 2.45) is 5.73 Å². The lowest BCUT2D eigenvalue weighted by Crippen LogP contribution is -2.23. The Kier molecular flexibility index (Phi) is 5.34. The highest BCUT2D eigenvalue weighted by atomic mass is 19.1. The third-order valence-electron chi connectivity index (χ3n) is 3.51. The van der Waals surface area contributed by atoms with Crippen molar-refractivity contribution in [2.75, 3.05) is 11.4 Å². The molecule has 0 aliphatic rings. The van der Waals surface area contributed by atoms with E-state index in [2.05, 4.69) is 12.1 Å². The maximum Gasteiger partial charge on any atom is 0.146 e. The lowest BCUT2D eigenvalue weighted by molar-refractivity contribution is 0.613. The number of nitrogens with zero attached hydrogens (tertiary/aromatic N) is 1. The summed E-state index contributed by atoms with van der Waals surface area (Å²) in [4.78, 5) is 2.04. The van der Waals surface area contributed by atoms with Gasteiger partial charge in [0.2, 0.25) is 0 Å². The fraction of sp³-hybridized carbons (Fsp3) is 0.333. The van der Waals surface area contributed by atoms with Crippen LogP contribution in [0, 0.1) is 5.82 Å². The molecule has 0 aliphatic heterocycles. The number of benzene rings is 2. The highest BCUT2D eigenvalue weighted by Gasteiger charge is 2.11. The Bertz CT molecular complexity index is 567. The van der Waals surface area contributed by atoms with Crippen LogP contribution in [-0.2, 0) is 13.0 Å². The maximum absolute atomic E-state index is 14.4. The van der Waals surface area contributed by atoms with Crippen LogP contribution >= 0.6 is 0 Å². The van der Waals surface area contributed by atoms with Crippen molar-refractivity contribution in [3.05, 3.63) is 65.5 Å². The van der Waals surface area contributed by atoms with E-state index in [4.69, 9.17) is 5.73 Å². The van der Waals surface area contributed by atoms with Gasteiger partial charge in [-0.25, -0.2) is 4.39 Å². The molecule has 0 bridgehead atoms. The zero-order valence-electron chi connectivity index (χ0n) is 12.7. The largest absolute Gasteiger partial charge is 0.365 e. The summed E-state index contributed by atoms with van der Waals surface area (Å²) in [5.41, 5.74) is 8.54. The molecule has 0 radical (unpaired) electrons. The Morgan fingerprint density at radius 1 is 1.10 bits per heavy atom. The van der Waals surface area contributed by atoms with Gasteiger partial charge in [0.25, 0.3) is 0 Å². The van der Waals surface area contributed by atoms with E-state index in [0.29, 0.717) is 18.7 Å². The molecule has 2 aromatic carbocycles. The highest BCUT2D eigenvalue weighted by Crippen LogP contribution is 2.23. The monoisotopic (exact) mass is 286 g/mol. The van der Waals surface area contributed by atoms with Crippen molar-refractivity contribution in [3.8, 4) is 0 Å². The first-order chi connectivity index (χ1) is 10.1. The molecule has 2 nitrogen and oxygen atoms in total. The van der Waals surface area contributed by atoms with Crippen LogP contribution in [0.2, 0.25) is 0 Å². The summed E-state index contributed by atoms with van der Waals surface area (Å²) < 4.78 is 14.4. The third-order valence-corrected chi connectivity index (χ3v) is 3.51. The number of anilines is 1. The molecule has 0 spiro atoms. The zero-order chi connectivity index (χ0) is 15.2. The van der Waals surface area contributed by atoms with E-state index < -0.39 is 0 Å². The molecular formula is C18H23FN2. The van der Waals surface area contributed by atoms with Gasteiger partial charge in [0, 0.05) is 19.1 Å². The summed E-state index contributed by atoms with van der Waals surface area (Å²) in [6, 6.07) is 15.6. The van der Waals surface area contributed by atoms with Gasteiger partial charge in [0.15, 0.2) is 0 Å². The first-order valence-corrected chi connectivity index (χ1v) is 7.43. The SMILES string of the molecule is CCN(Cc1ccccc1)c1ccc(CC(C)N)cc1F. The smallest absolute Gasteiger partial charge is 0.146 e. The molecule has 2 N–H and O–H groups in total. The Balaban J connectivity index is 2.18. The normalized spacial score (nSPS) is 12.2. The van der Waals surface area contributed by atoms with Crippen molar-refractivity contribution in [1.29, 1.82) is 0 Å². The minimum atomic E-state index is -0.175. The van der Waals surface area contributed by atoms with Crippen LogP contribution in [0.15, 0.2) is 48.5 Å². The van der Waals surface area contributed by atoms with Gasteiger partial charge in [-0.2, -0.15) is 0 Å². The molecule has 2 rings (SSSR count). The van der Waals surface area contributed by atoms with Gasteiger partial charge in [0.05, 0.1) is 5.69 Å².